The van der Waals surface area contributed by atoms with E-state index < -0.39 is 29.9 Å². The van der Waals surface area contributed by atoms with Crippen molar-refractivity contribution in [3.63, 3.8) is 0 Å². The summed E-state index contributed by atoms with van der Waals surface area (Å²) in [5.74, 6) is -2.20. The van der Waals surface area contributed by atoms with Gasteiger partial charge in [0, 0.05) is 43.6 Å². The summed E-state index contributed by atoms with van der Waals surface area (Å²) >= 11 is 12.1. The molecule has 11 nitrogen and oxygen atoms in total. The smallest absolute Gasteiger partial charge is 0.326 e. The number of hydrogen-bond donors (Lipinski definition) is 3. The Morgan fingerprint density at radius 1 is 1.00 bits per heavy atom. The van der Waals surface area contributed by atoms with Crippen LogP contribution in [0.4, 0.5) is 5.69 Å². The van der Waals surface area contributed by atoms with Gasteiger partial charge in [-0.25, -0.2) is 4.79 Å². The van der Waals surface area contributed by atoms with Crippen LogP contribution in [0.25, 0.3) is 0 Å². The summed E-state index contributed by atoms with van der Waals surface area (Å²) < 4.78 is 5.38. The van der Waals surface area contributed by atoms with E-state index in [2.05, 4.69) is 15.6 Å². The monoisotopic (exact) mass is 617 g/mol. The van der Waals surface area contributed by atoms with E-state index in [1.165, 1.54) is 12.4 Å². The predicted molar refractivity (Wildman–Crippen MR) is 156 cm³/mol. The van der Waals surface area contributed by atoms with Crippen LogP contribution >= 0.6 is 23.2 Å². The second-order valence-corrected chi connectivity index (χ2v) is 11.8. The lowest BCUT2D eigenvalue weighted by Crippen LogP contribution is -2.65. The first kappa shape index (κ1) is 30.2. The molecular weight excluding hydrogens is 585 g/mol. The molecule has 3 saturated heterocycles. The Labute approximate surface area is 253 Å². The van der Waals surface area contributed by atoms with Crippen LogP contribution in [0.5, 0.6) is 0 Å². The zero-order chi connectivity index (χ0) is 29.8. The summed E-state index contributed by atoms with van der Waals surface area (Å²) in [6.45, 7) is 2.70. The number of hydrogen-bond acceptors (Lipinski definition) is 7. The van der Waals surface area contributed by atoms with Crippen molar-refractivity contribution in [2.24, 2.45) is 5.92 Å². The van der Waals surface area contributed by atoms with E-state index in [0.717, 1.165) is 25.7 Å². The van der Waals surface area contributed by atoms with Gasteiger partial charge in [0.2, 0.25) is 11.8 Å². The number of anilines is 1. The highest BCUT2D eigenvalue weighted by Crippen LogP contribution is 2.40. The van der Waals surface area contributed by atoms with Crippen molar-refractivity contribution in [3.05, 3.63) is 57.8 Å². The van der Waals surface area contributed by atoms with Crippen molar-refractivity contribution in [3.8, 4) is 0 Å². The molecule has 2 aromatic rings. The van der Waals surface area contributed by atoms with Gasteiger partial charge in [0.05, 0.1) is 35.4 Å². The third-order valence-corrected chi connectivity index (χ3v) is 8.82. The highest BCUT2D eigenvalue weighted by atomic mass is 35.5. The Balaban J connectivity index is 1.23. The lowest BCUT2D eigenvalue weighted by Gasteiger charge is -2.51. The summed E-state index contributed by atoms with van der Waals surface area (Å²) in [6.07, 6.45) is 6.06. The van der Waals surface area contributed by atoms with Crippen LogP contribution in [-0.2, 0) is 25.5 Å². The lowest BCUT2D eigenvalue weighted by molar-refractivity contribution is -0.156. The Morgan fingerprint density at radius 3 is 2.26 bits per heavy atom. The zero-order valence-corrected chi connectivity index (χ0v) is 24.4. The van der Waals surface area contributed by atoms with E-state index in [0.29, 0.717) is 37.6 Å². The van der Waals surface area contributed by atoms with E-state index in [1.54, 1.807) is 29.2 Å². The number of piperidine rings is 2. The molecule has 4 fully saturated rings. The third kappa shape index (κ3) is 6.86. The molecule has 13 heteroatoms. The number of pyridine rings is 1. The molecule has 0 radical (unpaired) electrons. The molecule has 6 rings (SSSR count). The molecule has 42 heavy (non-hydrogen) atoms. The van der Waals surface area contributed by atoms with Gasteiger partial charge in [-0.05, 0) is 49.3 Å². The third-order valence-electron chi connectivity index (χ3n) is 8.25. The number of carboxylic acid groups (broad SMARTS) is 1. The number of carboxylic acids is 1. The maximum absolute atomic E-state index is 13.6. The summed E-state index contributed by atoms with van der Waals surface area (Å²) in [5.41, 5.74) is 1.20. The molecule has 1 saturated carbocycles. The lowest BCUT2D eigenvalue weighted by atomic mass is 9.74. The first-order valence-electron chi connectivity index (χ1n) is 14.0. The second-order valence-electron chi connectivity index (χ2n) is 10.9. The van der Waals surface area contributed by atoms with Crippen molar-refractivity contribution in [1.29, 1.82) is 0 Å². The highest BCUT2D eigenvalue weighted by molar-refractivity contribution is 6.40. The minimum Gasteiger partial charge on any atom is -0.480 e. The second kappa shape index (κ2) is 13.4. The molecule has 3 N–H and O–H groups in total. The van der Waals surface area contributed by atoms with Crippen LogP contribution in [0, 0.1) is 5.92 Å². The standard InChI is InChI=1S/C29H33Cl2N5O6/c30-21-14-32-15-22(31)25(21)27(38)33-19-5-1-17(2-6-19)13-23(29(40)41)34-28(39)26-18-3-7-20(8-4-18)36(26)24(37)16-35-9-11-42-12-10-35/h1-2,5-6,14-15,18,20,23,26H,3-4,7-13,16H2,(H,33,38)(H,34,39)(H,40,41)/t18?,20?,23-,26-/m0/s1. The number of nitrogens with one attached hydrogen (secondary N) is 2. The van der Waals surface area contributed by atoms with Crippen molar-refractivity contribution in [2.45, 2.75) is 50.2 Å². The molecule has 2 bridgehead atoms. The number of aromatic nitrogens is 1. The minimum absolute atomic E-state index is 0.00313. The first-order chi connectivity index (χ1) is 20.2. The molecule has 0 unspecified atom stereocenters. The number of ether oxygens (including phenoxy) is 1. The quantitative estimate of drug-likeness (QED) is 0.390. The fourth-order valence-corrected chi connectivity index (χ4v) is 6.66. The Kier molecular flexibility index (Phi) is 9.62. The Morgan fingerprint density at radius 2 is 1.64 bits per heavy atom. The average Bonchev–Trinajstić information content (AvgIpc) is 2.98. The summed E-state index contributed by atoms with van der Waals surface area (Å²) in [4.78, 5) is 59.4. The largest absolute Gasteiger partial charge is 0.480 e. The van der Waals surface area contributed by atoms with Crippen LogP contribution in [-0.4, -0.2) is 94.6 Å². The summed E-state index contributed by atoms with van der Waals surface area (Å²) in [5, 5.41) is 15.6. The molecule has 4 heterocycles. The Hall–Kier alpha value is -3.25. The van der Waals surface area contributed by atoms with Crippen molar-refractivity contribution < 1.29 is 29.0 Å². The number of benzene rings is 1. The number of carbonyl (C=O) groups excluding carboxylic acids is 3. The number of morpholine rings is 1. The van der Waals surface area contributed by atoms with Crippen molar-refractivity contribution in [2.75, 3.05) is 38.2 Å². The summed E-state index contributed by atoms with van der Waals surface area (Å²) in [7, 11) is 0. The number of fused-ring (bicyclic) bond motifs is 3. The van der Waals surface area contributed by atoms with Gasteiger partial charge >= 0.3 is 5.97 Å². The Bertz CT molecular complexity index is 1310. The molecule has 3 amide bonds. The first-order valence-corrected chi connectivity index (χ1v) is 14.8. The highest BCUT2D eigenvalue weighted by Gasteiger charge is 2.48. The van der Waals surface area contributed by atoms with E-state index in [1.807, 2.05) is 4.90 Å². The van der Waals surface area contributed by atoms with Gasteiger partial charge in [-0.3, -0.25) is 24.3 Å². The molecule has 3 aliphatic heterocycles. The van der Waals surface area contributed by atoms with Crippen molar-refractivity contribution >= 4 is 52.6 Å². The van der Waals surface area contributed by atoms with Crippen LogP contribution < -0.4 is 10.6 Å². The topological polar surface area (TPSA) is 141 Å². The number of rotatable bonds is 9. The van der Waals surface area contributed by atoms with E-state index >= 15 is 0 Å². The molecule has 1 aromatic heterocycles. The predicted octanol–water partition coefficient (Wildman–Crippen LogP) is 2.85. The molecule has 2 atom stereocenters. The number of aliphatic carboxylic acids is 1. The van der Waals surface area contributed by atoms with Gasteiger partial charge in [-0.15, -0.1) is 0 Å². The molecule has 4 aliphatic rings. The molecule has 1 aliphatic carbocycles. The molecule has 1 aromatic carbocycles. The maximum Gasteiger partial charge on any atom is 0.326 e. The van der Waals surface area contributed by atoms with Crippen LogP contribution in [0.3, 0.4) is 0 Å². The van der Waals surface area contributed by atoms with Crippen LogP contribution in [0.1, 0.15) is 41.6 Å². The van der Waals surface area contributed by atoms with Gasteiger partial charge < -0.3 is 25.4 Å². The summed E-state index contributed by atoms with van der Waals surface area (Å²) in [6, 6.07) is 4.72. The van der Waals surface area contributed by atoms with Gasteiger partial charge in [0.25, 0.3) is 5.91 Å². The van der Waals surface area contributed by atoms with Gasteiger partial charge in [0.1, 0.15) is 12.1 Å². The molecular formula is C29H33Cl2N5O6. The van der Waals surface area contributed by atoms with Crippen molar-refractivity contribution in [1.82, 2.24) is 20.1 Å². The van der Waals surface area contributed by atoms with Gasteiger partial charge in [-0.2, -0.15) is 0 Å². The zero-order valence-electron chi connectivity index (χ0n) is 22.9. The van der Waals surface area contributed by atoms with Crippen LogP contribution in [0.2, 0.25) is 10.0 Å². The number of halogens is 2. The number of amides is 3. The average molecular weight is 619 g/mol. The van der Waals surface area contributed by atoms with Gasteiger partial charge in [-0.1, -0.05) is 35.3 Å². The SMILES string of the molecule is O=C(Nc1ccc(C[C@H](NC(=O)[C@@H]2C3CCC(CC3)N2C(=O)CN2CCOCC2)C(=O)O)cc1)c1c(Cl)cncc1Cl. The normalized spacial score (nSPS) is 22.8. The van der Waals surface area contributed by atoms with E-state index in [9.17, 15) is 24.3 Å². The van der Waals surface area contributed by atoms with Gasteiger partial charge in [0.15, 0.2) is 0 Å². The number of nitrogens with zero attached hydrogens (tertiary/aromatic N) is 3. The maximum atomic E-state index is 13.6. The molecule has 0 spiro atoms. The van der Waals surface area contributed by atoms with E-state index in [4.69, 9.17) is 27.9 Å². The number of carbonyl (C=O) groups is 4. The van der Waals surface area contributed by atoms with E-state index in [-0.39, 0.29) is 46.4 Å². The van der Waals surface area contributed by atoms with Crippen LogP contribution in [0.15, 0.2) is 36.7 Å². The molecule has 224 valence electrons. The minimum atomic E-state index is -1.19. The fraction of sp³-hybridized carbons (Fsp3) is 0.483. The fourth-order valence-electron chi connectivity index (χ4n) is 6.12.